The van der Waals surface area contributed by atoms with E-state index in [4.69, 9.17) is 9.47 Å². The minimum atomic E-state index is -0.124. The summed E-state index contributed by atoms with van der Waals surface area (Å²) in [6.07, 6.45) is 7.06. The monoisotopic (exact) mass is 404 g/mol. The fourth-order valence-corrected chi connectivity index (χ4v) is 6.74. The van der Waals surface area contributed by atoms with Crippen molar-refractivity contribution in [3.63, 3.8) is 0 Å². The van der Waals surface area contributed by atoms with Gasteiger partial charge in [0.1, 0.15) is 18.5 Å². The molecule has 3 aliphatic rings. The molecule has 2 aromatic carbocycles. The Balaban J connectivity index is 1.32. The summed E-state index contributed by atoms with van der Waals surface area (Å²) in [5.41, 5.74) is 4.37. The highest BCUT2D eigenvalue weighted by Gasteiger charge is 2.56. The van der Waals surface area contributed by atoms with E-state index in [2.05, 4.69) is 49.4 Å². The first-order valence-corrected chi connectivity index (χ1v) is 11.5. The third-order valence-electron chi connectivity index (χ3n) is 8.17. The van der Waals surface area contributed by atoms with E-state index in [9.17, 15) is 4.79 Å². The molecule has 0 radical (unpaired) electrons. The fourth-order valence-electron chi connectivity index (χ4n) is 6.74. The van der Waals surface area contributed by atoms with Crippen LogP contribution < -0.4 is 4.74 Å². The van der Waals surface area contributed by atoms with E-state index in [1.807, 2.05) is 6.07 Å². The maximum Gasteiger partial charge on any atom is 0.302 e. The number of carbonyl (C=O) groups is 1. The summed E-state index contributed by atoms with van der Waals surface area (Å²) in [4.78, 5) is 11.6. The first kappa shape index (κ1) is 19.7. The Morgan fingerprint density at radius 1 is 1.07 bits per heavy atom. The molecule has 0 aromatic heterocycles. The zero-order valence-electron chi connectivity index (χ0n) is 18.1. The average molecular weight is 405 g/mol. The highest BCUT2D eigenvalue weighted by molar-refractivity contribution is 5.66. The lowest BCUT2D eigenvalue weighted by Crippen LogP contribution is -2.45. The molecule has 3 nitrogen and oxygen atoms in total. The first-order chi connectivity index (χ1) is 14.5. The third-order valence-corrected chi connectivity index (χ3v) is 8.17. The molecule has 0 amide bonds. The van der Waals surface area contributed by atoms with Crippen LogP contribution >= 0.6 is 0 Å². The number of hydrogen-bond acceptors (Lipinski definition) is 3. The highest BCUT2D eigenvalue weighted by atomic mass is 16.5. The zero-order valence-corrected chi connectivity index (χ0v) is 18.1. The van der Waals surface area contributed by atoms with Crippen LogP contribution in [0.25, 0.3) is 0 Å². The Labute approximate surface area is 179 Å². The maximum absolute atomic E-state index is 11.6. The standard InChI is InChI=1S/C27H32O3/c1-18(28)30-26-13-12-25-24-10-8-20-16-21(29-17-19-6-4-3-5-7-19)9-11-22(20)23(24)14-15-27(25,26)2/h3-7,9,11,16,23-26H,8,10,12-15,17H2,1-2H3. The zero-order chi connectivity index (χ0) is 20.7. The second-order valence-corrected chi connectivity index (χ2v) is 9.77. The van der Waals surface area contributed by atoms with Gasteiger partial charge in [0.2, 0.25) is 0 Å². The number of benzene rings is 2. The van der Waals surface area contributed by atoms with E-state index < -0.39 is 0 Å². The molecule has 3 heteroatoms. The van der Waals surface area contributed by atoms with Crippen LogP contribution in [0.3, 0.4) is 0 Å². The summed E-state index contributed by atoms with van der Waals surface area (Å²) in [5.74, 6) is 2.88. The Kier molecular flexibility index (Phi) is 5.08. The summed E-state index contributed by atoms with van der Waals surface area (Å²) < 4.78 is 11.8. The predicted octanol–water partition coefficient (Wildman–Crippen LogP) is 6.05. The summed E-state index contributed by atoms with van der Waals surface area (Å²) in [7, 11) is 0. The molecular weight excluding hydrogens is 372 g/mol. The Morgan fingerprint density at radius 2 is 1.90 bits per heavy atom. The van der Waals surface area contributed by atoms with Gasteiger partial charge in [-0.2, -0.15) is 0 Å². The van der Waals surface area contributed by atoms with E-state index >= 15 is 0 Å². The normalized spacial score (nSPS) is 31.9. The third kappa shape index (κ3) is 3.42. The van der Waals surface area contributed by atoms with Crippen LogP contribution in [0.15, 0.2) is 48.5 Å². The number of aryl methyl sites for hydroxylation is 1. The lowest BCUT2D eigenvalue weighted by atomic mass is 9.55. The molecule has 2 fully saturated rings. The summed E-state index contributed by atoms with van der Waals surface area (Å²) in [6.45, 7) is 4.55. The van der Waals surface area contributed by atoms with E-state index in [1.165, 1.54) is 36.0 Å². The van der Waals surface area contributed by atoms with Crippen LogP contribution in [0.1, 0.15) is 68.6 Å². The van der Waals surface area contributed by atoms with Crippen molar-refractivity contribution in [2.75, 3.05) is 0 Å². The van der Waals surface area contributed by atoms with Crippen molar-refractivity contribution in [1.29, 1.82) is 0 Å². The molecule has 158 valence electrons. The highest BCUT2D eigenvalue weighted by Crippen LogP contribution is 2.61. The van der Waals surface area contributed by atoms with Crippen molar-refractivity contribution >= 4 is 5.97 Å². The second-order valence-electron chi connectivity index (χ2n) is 9.77. The SMILES string of the molecule is CC(=O)OC1CCC2C3CCc4cc(OCc5ccccc5)ccc4C3CCC12C. The maximum atomic E-state index is 11.6. The molecular formula is C27H32O3. The molecule has 5 unspecified atom stereocenters. The van der Waals surface area contributed by atoms with Gasteiger partial charge in [-0.15, -0.1) is 0 Å². The Hall–Kier alpha value is -2.29. The largest absolute Gasteiger partial charge is 0.489 e. The number of fused-ring (bicyclic) bond motifs is 5. The second kappa shape index (κ2) is 7.76. The smallest absolute Gasteiger partial charge is 0.302 e. The summed E-state index contributed by atoms with van der Waals surface area (Å²) in [6, 6.07) is 17.1. The molecule has 3 aliphatic carbocycles. The van der Waals surface area contributed by atoms with Gasteiger partial charge in [0.05, 0.1) is 0 Å². The van der Waals surface area contributed by atoms with Gasteiger partial charge in [0.25, 0.3) is 0 Å². The molecule has 2 saturated carbocycles. The molecule has 30 heavy (non-hydrogen) atoms. The van der Waals surface area contributed by atoms with Crippen molar-refractivity contribution in [3.8, 4) is 5.75 Å². The van der Waals surface area contributed by atoms with E-state index in [0.717, 1.165) is 25.0 Å². The van der Waals surface area contributed by atoms with Crippen molar-refractivity contribution in [2.24, 2.45) is 17.3 Å². The minimum Gasteiger partial charge on any atom is -0.489 e. The van der Waals surface area contributed by atoms with Crippen LogP contribution in [0, 0.1) is 17.3 Å². The van der Waals surface area contributed by atoms with Crippen LogP contribution in [0.4, 0.5) is 0 Å². The number of hydrogen-bond donors (Lipinski definition) is 0. The molecule has 0 aliphatic heterocycles. The molecule has 0 bridgehead atoms. The van der Waals surface area contributed by atoms with Gasteiger partial charge < -0.3 is 9.47 Å². The summed E-state index contributed by atoms with van der Waals surface area (Å²) in [5, 5.41) is 0. The lowest BCUT2D eigenvalue weighted by Gasteiger charge is -2.50. The van der Waals surface area contributed by atoms with E-state index in [0.29, 0.717) is 24.4 Å². The van der Waals surface area contributed by atoms with Crippen LogP contribution in [0.5, 0.6) is 5.75 Å². The molecule has 0 saturated heterocycles. The van der Waals surface area contributed by atoms with E-state index in [1.54, 1.807) is 6.92 Å². The van der Waals surface area contributed by atoms with E-state index in [-0.39, 0.29) is 17.5 Å². The Morgan fingerprint density at radius 3 is 2.70 bits per heavy atom. The van der Waals surface area contributed by atoms with Gasteiger partial charge in [-0.1, -0.05) is 43.3 Å². The average Bonchev–Trinajstić information content (AvgIpc) is 3.08. The fraction of sp³-hybridized carbons (Fsp3) is 0.519. The first-order valence-electron chi connectivity index (χ1n) is 11.5. The molecule has 0 N–H and O–H groups in total. The summed E-state index contributed by atoms with van der Waals surface area (Å²) >= 11 is 0. The number of rotatable bonds is 4. The van der Waals surface area contributed by atoms with Crippen molar-refractivity contribution < 1.29 is 14.3 Å². The van der Waals surface area contributed by atoms with Gasteiger partial charge in [-0.25, -0.2) is 0 Å². The van der Waals surface area contributed by atoms with Crippen LogP contribution in [-0.4, -0.2) is 12.1 Å². The Bertz CT molecular complexity index is 921. The molecule has 5 atom stereocenters. The quantitative estimate of drug-likeness (QED) is 0.582. The lowest BCUT2D eigenvalue weighted by molar-refractivity contribution is -0.154. The number of carbonyl (C=O) groups excluding carboxylic acids is 1. The molecule has 2 aromatic rings. The topological polar surface area (TPSA) is 35.5 Å². The van der Waals surface area contributed by atoms with Gasteiger partial charge in [0.15, 0.2) is 0 Å². The van der Waals surface area contributed by atoms with Crippen molar-refractivity contribution in [2.45, 2.75) is 71.0 Å². The minimum absolute atomic E-state index is 0.108. The number of ether oxygens (including phenoxy) is 2. The van der Waals surface area contributed by atoms with Gasteiger partial charge in [0, 0.05) is 12.3 Å². The van der Waals surface area contributed by atoms with Crippen molar-refractivity contribution in [1.82, 2.24) is 0 Å². The van der Waals surface area contributed by atoms with Crippen LogP contribution in [0.2, 0.25) is 0 Å². The van der Waals surface area contributed by atoms with Gasteiger partial charge >= 0.3 is 5.97 Å². The van der Waals surface area contributed by atoms with Gasteiger partial charge in [-0.3, -0.25) is 4.79 Å². The molecule has 0 spiro atoms. The molecule has 0 heterocycles. The predicted molar refractivity (Wildman–Crippen MR) is 117 cm³/mol. The van der Waals surface area contributed by atoms with Gasteiger partial charge in [-0.05, 0) is 85.1 Å². The van der Waals surface area contributed by atoms with Crippen LogP contribution in [-0.2, 0) is 22.6 Å². The van der Waals surface area contributed by atoms with Crippen molar-refractivity contribution in [3.05, 3.63) is 65.2 Å². The molecule has 5 rings (SSSR count). The number of esters is 1.